The molecule has 11 nitrogen and oxygen atoms in total. The van der Waals surface area contributed by atoms with Crippen LogP contribution in [0.2, 0.25) is 0 Å². The average Bonchev–Trinajstić information content (AvgIpc) is 3.19. The van der Waals surface area contributed by atoms with E-state index < -0.39 is 11.8 Å². The van der Waals surface area contributed by atoms with Crippen molar-refractivity contribution in [3.05, 3.63) is 59.8 Å². The maximum absolute atomic E-state index is 12.7. The summed E-state index contributed by atoms with van der Waals surface area (Å²) in [6, 6.07) is 5.24. The van der Waals surface area contributed by atoms with E-state index in [-0.39, 0.29) is 36.9 Å². The second-order valence-electron chi connectivity index (χ2n) is 6.84. The van der Waals surface area contributed by atoms with Gasteiger partial charge in [-0.2, -0.15) is 0 Å². The van der Waals surface area contributed by atoms with Gasteiger partial charge in [0.15, 0.2) is 12.3 Å². The van der Waals surface area contributed by atoms with Crippen molar-refractivity contribution in [1.82, 2.24) is 25.6 Å². The number of anilines is 1. The number of benzene rings is 1. The number of nitrogens with two attached hydrogens (primary N) is 1. The summed E-state index contributed by atoms with van der Waals surface area (Å²) in [5.41, 5.74) is 8.11. The molecule has 0 atom stereocenters. The van der Waals surface area contributed by atoms with Crippen LogP contribution < -0.4 is 26.4 Å². The van der Waals surface area contributed by atoms with E-state index in [2.05, 4.69) is 37.5 Å². The Kier molecular flexibility index (Phi) is 5.22. The van der Waals surface area contributed by atoms with Crippen molar-refractivity contribution in [3.8, 4) is 5.75 Å². The largest absolute Gasteiger partial charge is 0.482 e. The number of hydrogen-bond donors (Lipinski definition) is 5. The summed E-state index contributed by atoms with van der Waals surface area (Å²) < 4.78 is 5.32. The molecule has 11 heteroatoms. The van der Waals surface area contributed by atoms with Gasteiger partial charge in [-0.05, 0) is 17.7 Å². The Labute approximate surface area is 176 Å². The fourth-order valence-electron chi connectivity index (χ4n) is 3.08. The molecule has 4 rings (SSSR count). The van der Waals surface area contributed by atoms with Gasteiger partial charge in [0.2, 0.25) is 0 Å². The van der Waals surface area contributed by atoms with Gasteiger partial charge in [0, 0.05) is 18.4 Å². The average molecular weight is 421 g/mol. The second kappa shape index (κ2) is 8.14. The Balaban J connectivity index is 1.49. The summed E-state index contributed by atoms with van der Waals surface area (Å²) in [5, 5.41) is 8.11. The zero-order chi connectivity index (χ0) is 22.0. The highest BCUT2D eigenvalue weighted by molar-refractivity contribution is 6.10. The second-order valence-corrected chi connectivity index (χ2v) is 6.84. The highest BCUT2D eigenvalue weighted by Crippen LogP contribution is 2.28. The van der Waals surface area contributed by atoms with Crippen LogP contribution in [0.5, 0.6) is 5.75 Å². The molecule has 3 amide bonds. The summed E-state index contributed by atoms with van der Waals surface area (Å²) in [5.74, 6) is -0.516. The summed E-state index contributed by atoms with van der Waals surface area (Å²) in [6.45, 7) is 3.82. The highest BCUT2D eigenvalue weighted by Gasteiger charge is 2.20. The van der Waals surface area contributed by atoms with Crippen molar-refractivity contribution >= 4 is 34.4 Å². The monoisotopic (exact) mass is 421 g/mol. The molecule has 3 aromatic rings. The first-order valence-electron chi connectivity index (χ1n) is 9.29. The Bertz CT molecular complexity index is 1220. The summed E-state index contributed by atoms with van der Waals surface area (Å²) in [7, 11) is 0. The lowest BCUT2D eigenvalue weighted by Gasteiger charge is -2.18. The van der Waals surface area contributed by atoms with Gasteiger partial charge < -0.3 is 31.4 Å². The smallest absolute Gasteiger partial charge is 0.272 e. The Hall–Kier alpha value is -4.41. The van der Waals surface area contributed by atoms with Crippen LogP contribution in [0.4, 0.5) is 5.69 Å². The van der Waals surface area contributed by atoms with Crippen LogP contribution in [-0.4, -0.2) is 45.8 Å². The molecule has 0 fully saturated rings. The molecule has 31 heavy (non-hydrogen) atoms. The lowest BCUT2D eigenvalue weighted by molar-refractivity contribution is -0.118. The van der Waals surface area contributed by atoms with E-state index in [1.807, 2.05) is 0 Å². The van der Waals surface area contributed by atoms with E-state index in [1.54, 1.807) is 18.2 Å². The predicted octanol–water partition coefficient (Wildman–Crippen LogP) is 0.421. The molecular formula is C20H19N7O4. The number of hydrogen-bond acceptors (Lipinski definition) is 7. The van der Waals surface area contributed by atoms with Gasteiger partial charge in [0.05, 0.1) is 23.3 Å². The molecule has 0 spiro atoms. The third-order valence-corrected chi connectivity index (χ3v) is 4.53. The van der Waals surface area contributed by atoms with Gasteiger partial charge >= 0.3 is 0 Å². The van der Waals surface area contributed by atoms with Crippen LogP contribution in [-0.2, 0) is 11.3 Å². The molecule has 0 radical (unpaired) electrons. The summed E-state index contributed by atoms with van der Waals surface area (Å²) >= 11 is 0. The molecule has 1 aromatic carbocycles. The van der Waals surface area contributed by atoms with Gasteiger partial charge in [0.25, 0.3) is 17.7 Å². The highest BCUT2D eigenvalue weighted by atomic mass is 16.5. The summed E-state index contributed by atoms with van der Waals surface area (Å²) in [6.07, 6.45) is 2.67. The molecule has 2 aromatic heterocycles. The fourth-order valence-corrected chi connectivity index (χ4v) is 3.08. The molecule has 0 saturated carbocycles. The first-order chi connectivity index (χ1) is 14.9. The predicted molar refractivity (Wildman–Crippen MR) is 111 cm³/mol. The van der Waals surface area contributed by atoms with Crippen LogP contribution in [0.3, 0.4) is 0 Å². The molecule has 0 unspecified atom stereocenters. The lowest BCUT2D eigenvalue weighted by atomic mass is 10.1. The molecule has 3 heterocycles. The van der Waals surface area contributed by atoms with E-state index in [1.165, 1.54) is 12.5 Å². The maximum Gasteiger partial charge on any atom is 0.272 e. The van der Waals surface area contributed by atoms with Crippen molar-refractivity contribution < 1.29 is 19.1 Å². The number of nitrogens with one attached hydrogen (secondary N) is 4. The molecule has 1 aliphatic heterocycles. The number of aromatic nitrogens is 3. The number of carbonyl (C=O) groups excluding carboxylic acids is 3. The Morgan fingerprint density at radius 3 is 2.87 bits per heavy atom. The van der Waals surface area contributed by atoms with Gasteiger partial charge in [-0.1, -0.05) is 12.6 Å². The SMILES string of the molecule is C=C(N)CNC(=O)c1c[nH]c2c(C(=O)NCc3ccc4c(c3)NC(=O)CO4)ncnc12. The van der Waals surface area contributed by atoms with Crippen molar-refractivity contribution in [3.63, 3.8) is 0 Å². The normalized spacial score (nSPS) is 12.5. The first-order valence-corrected chi connectivity index (χ1v) is 9.29. The van der Waals surface area contributed by atoms with Crippen LogP contribution in [0.15, 0.2) is 43.0 Å². The number of carbonyl (C=O) groups is 3. The minimum absolute atomic E-state index is 0.0239. The van der Waals surface area contributed by atoms with E-state index in [0.29, 0.717) is 28.2 Å². The van der Waals surface area contributed by atoms with Crippen LogP contribution >= 0.6 is 0 Å². The van der Waals surface area contributed by atoms with Crippen molar-refractivity contribution in [2.45, 2.75) is 6.54 Å². The third-order valence-electron chi connectivity index (χ3n) is 4.53. The van der Waals surface area contributed by atoms with Crippen molar-refractivity contribution in [1.29, 1.82) is 0 Å². The summed E-state index contributed by atoms with van der Waals surface area (Å²) in [4.78, 5) is 47.6. The minimum atomic E-state index is -0.449. The fraction of sp³-hybridized carbons (Fsp3) is 0.150. The van der Waals surface area contributed by atoms with E-state index in [0.717, 1.165) is 5.56 Å². The zero-order valence-electron chi connectivity index (χ0n) is 16.3. The molecule has 1 aliphatic rings. The third kappa shape index (κ3) is 4.15. The first kappa shape index (κ1) is 19.9. The topological polar surface area (TPSA) is 164 Å². The molecule has 158 valence electrons. The quantitative estimate of drug-likeness (QED) is 0.385. The number of aromatic amines is 1. The molecular weight excluding hydrogens is 402 g/mol. The van der Waals surface area contributed by atoms with Gasteiger partial charge in [-0.3, -0.25) is 14.4 Å². The van der Waals surface area contributed by atoms with Crippen LogP contribution in [0.1, 0.15) is 26.4 Å². The minimum Gasteiger partial charge on any atom is -0.482 e. The maximum atomic E-state index is 12.7. The van der Waals surface area contributed by atoms with E-state index in [9.17, 15) is 14.4 Å². The zero-order valence-corrected chi connectivity index (χ0v) is 16.3. The standard InChI is InChI=1S/C20H19N7O4/c1-10(21)5-23-19(29)12-7-22-17-16(12)25-9-26-18(17)20(30)24-6-11-2-3-14-13(4-11)27-15(28)8-31-14/h2-4,7,9,22H,1,5-6,8,21H2,(H,23,29)(H,24,30)(H,27,28). The Morgan fingerprint density at radius 1 is 1.23 bits per heavy atom. The number of rotatable bonds is 6. The van der Waals surface area contributed by atoms with Gasteiger partial charge in [-0.25, -0.2) is 9.97 Å². The number of amides is 3. The van der Waals surface area contributed by atoms with Gasteiger partial charge in [0.1, 0.15) is 17.6 Å². The van der Waals surface area contributed by atoms with Crippen molar-refractivity contribution in [2.75, 3.05) is 18.5 Å². The van der Waals surface area contributed by atoms with Crippen molar-refractivity contribution in [2.24, 2.45) is 5.73 Å². The molecule has 0 aliphatic carbocycles. The number of ether oxygens (including phenoxy) is 1. The van der Waals surface area contributed by atoms with Gasteiger partial charge in [-0.15, -0.1) is 0 Å². The molecule has 0 bridgehead atoms. The van der Waals surface area contributed by atoms with Crippen LogP contribution in [0.25, 0.3) is 11.0 Å². The molecule has 0 saturated heterocycles. The van der Waals surface area contributed by atoms with Crippen LogP contribution in [0, 0.1) is 0 Å². The number of fused-ring (bicyclic) bond motifs is 2. The lowest BCUT2D eigenvalue weighted by Crippen LogP contribution is -2.27. The molecule has 6 N–H and O–H groups in total. The Morgan fingerprint density at radius 2 is 2.06 bits per heavy atom. The van der Waals surface area contributed by atoms with E-state index in [4.69, 9.17) is 10.5 Å². The number of nitrogens with zero attached hydrogens (tertiary/aromatic N) is 2. The van der Waals surface area contributed by atoms with E-state index >= 15 is 0 Å². The number of H-pyrrole nitrogens is 1.